The molecule has 0 saturated carbocycles. The van der Waals surface area contributed by atoms with E-state index in [0.717, 1.165) is 0 Å². The fourth-order valence-electron chi connectivity index (χ4n) is 0.770. The van der Waals surface area contributed by atoms with Gasteiger partial charge in [-0.25, -0.2) is 4.98 Å². The van der Waals surface area contributed by atoms with Crippen molar-refractivity contribution in [3.63, 3.8) is 0 Å². The number of hydrogen-bond donors (Lipinski definition) is 0. The summed E-state index contributed by atoms with van der Waals surface area (Å²) in [5.74, 6) is 0. The molecule has 3 nitrogen and oxygen atoms in total. The van der Waals surface area contributed by atoms with Gasteiger partial charge in [-0.15, -0.1) is 4.91 Å². The zero-order chi connectivity index (χ0) is 11.8. The summed E-state index contributed by atoms with van der Waals surface area (Å²) >= 11 is 15.9. The number of halogens is 6. The molecule has 0 atom stereocenters. The third kappa shape index (κ3) is 2.32. The number of hydrogen-bond acceptors (Lipinski definition) is 3. The van der Waals surface area contributed by atoms with E-state index in [1.807, 2.05) is 0 Å². The molecule has 0 radical (unpaired) electrons. The highest BCUT2D eigenvalue weighted by molar-refractivity contribution is 6.45. The van der Waals surface area contributed by atoms with Crippen LogP contribution in [0, 0.1) is 4.91 Å². The Morgan fingerprint density at radius 2 is 1.67 bits per heavy atom. The number of nitrogens with zero attached hydrogens (tertiary/aromatic N) is 2. The predicted octanol–water partition coefficient (Wildman–Crippen LogP) is 4.46. The molecule has 1 aromatic heterocycles. The van der Waals surface area contributed by atoms with Crippen LogP contribution in [-0.4, -0.2) is 4.98 Å². The van der Waals surface area contributed by atoms with Gasteiger partial charge in [0.25, 0.3) is 0 Å². The molecule has 1 heterocycles. The SMILES string of the molecule is O=Nc1c(Cl)c(Cl)nc(C(F)(F)F)c1Cl. The van der Waals surface area contributed by atoms with E-state index in [4.69, 9.17) is 34.8 Å². The van der Waals surface area contributed by atoms with E-state index in [-0.39, 0.29) is 0 Å². The summed E-state index contributed by atoms with van der Waals surface area (Å²) in [5, 5.41) is 0.113. The van der Waals surface area contributed by atoms with Gasteiger partial charge < -0.3 is 0 Å². The molecule has 0 fully saturated rings. The van der Waals surface area contributed by atoms with E-state index in [1.54, 1.807) is 0 Å². The summed E-state index contributed by atoms with van der Waals surface area (Å²) in [6.07, 6.45) is -4.83. The van der Waals surface area contributed by atoms with Crippen molar-refractivity contribution in [2.24, 2.45) is 5.18 Å². The van der Waals surface area contributed by atoms with Gasteiger partial charge in [0.1, 0.15) is 10.0 Å². The van der Waals surface area contributed by atoms with Crippen LogP contribution in [0.15, 0.2) is 5.18 Å². The molecule has 0 aliphatic rings. The monoisotopic (exact) mass is 278 g/mol. The van der Waals surface area contributed by atoms with Crippen LogP contribution >= 0.6 is 34.8 Å². The molecule has 15 heavy (non-hydrogen) atoms. The van der Waals surface area contributed by atoms with Gasteiger partial charge in [-0.3, -0.25) is 0 Å². The van der Waals surface area contributed by atoms with E-state index < -0.39 is 32.8 Å². The number of pyridine rings is 1. The molecule has 9 heteroatoms. The Labute approximate surface area is 96.1 Å². The maximum atomic E-state index is 12.3. The fourth-order valence-corrected chi connectivity index (χ4v) is 1.44. The molecule has 82 valence electrons. The van der Waals surface area contributed by atoms with Crippen LogP contribution in [0.2, 0.25) is 15.2 Å². The quantitative estimate of drug-likeness (QED) is 0.562. The molecule has 0 unspecified atom stereocenters. The Bertz CT molecular complexity index is 421. The van der Waals surface area contributed by atoms with E-state index in [1.165, 1.54) is 0 Å². The van der Waals surface area contributed by atoms with Gasteiger partial charge in [-0.1, -0.05) is 34.8 Å². The number of nitroso groups, excluding NO2 is 1. The summed E-state index contributed by atoms with van der Waals surface area (Å²) in [4.78, 5) is 13.1. The summed E-state index contributed by atoms with van der Waals surface area (Å²) in [6.45, 7) is 0. The highest BCUT2D eigenvalue weighted by Gasteiger charge is 2.38. The Morgan fingerprint density at radius 3 is 2.07 bits per heavy atom. The topological polar surface area (TPSA) is 42.3 Å². The standard InChI is InChI=1S/C6Cl3F3N2O/c7-1-3(14-15)2(8)5(9)13-4(1)6(10,11)12. The van der Waals surface area contributed by atoms with Crippen LogP contribution in [-0.2, 0) is 6.18 Å². The van der Waals surface area contributed by atoms with Gasteiger partial charge in [0, 0.05) is 0 Å². The van der Waals surface area contributed by atoms with Crippen LogP contribution in [0.25, 0.3) is 0 Å². The smallest absolute Gasteiger partial charge is 0.228 e. The Balaban J connectivity index is 3.58. The van der Waals surface area contributed by atoms with Crippen molar-refractivity contribution in [1.29, 1.82) is 0 Å². The minimum atomic E-state index is -4.83. The van der Waals surface area contributed by atoms with Crippen LogP contribution in [0.3, 0.4) is 0 Å². The van der Waals surface area contributed by atoms with Gasteiger partial charge in [-0.2, -0.15) is 13.2 Å². The summed E-state index contributed by atoms with van der Waals surface area (Å²) in [5.41, 5.74) is -2.26. The molecule has 1 aromatic rings. The number of rotatable bonds is 1. The molecule has 0 amide bonds. The second kappa shape index (κ2) is 4.11. The van der Waals surface area contributed by atoms with Crippen molar-refractivity contribution in [2.45, 2.75) is 6.18 Å². The van der Waals surface area contributed by atoms with Gasteiger partial charge >= 0.3 is 6.18 Å². The van der Waals surface area contributed by atoms with Gasteiger partial charge in [0.15, 0.2) is 16.5 Å². The lowest BCUT2D eigenvalue weighted by Gasteiger charge is -2.10. The zero-order valence-electron chi connectivity index (χ0n) is 6.57. The van der Waals surface area contributed by atoms with E-state index in [9.17, 15) is 18.1 Å². The van der Waals surface area contributed by atoms with E-state index in [2.05, 4.69) is 10.2 Å². The average molecular weight is 279 g/mol. The van der Waals surface area contributed by atoms with Gasteiger partial charge in [0.2, 0.25) is 0 Å². The van der Waals surface area contributed by atoms with E-state index in [0.29, 0.717) is 0 Å². The molecule has 1 rings (SSSR count). The molecule has 0 N–H and O–H groups in total. The molecule has 0 aliphatic carbocycles. The molecule has 0 saturated heterocycles. The van der Waals surface area contributed by atoms with Crippen LogP contribution < -0.4 is 0 Å². The molecular formula is C6Cl3F3N2O. The Hall–Kier alpha value is -0.590. The molecule has 0 aliphatic heterocycles. The third-order valence-electron chi connectivity index (χ3n) is 1.37. The largest absolute Gasteiger partial charge is 0.434 e. The highest BCUT2D eigenvalue weighted by atomic mass is 35.5. The second-order valence-electron chi connectivity index (χ2n) is 2.32. The summed E-state index contributed by atoms with van der Waals surface area (Å²) < 4.78 is 36.9. The highest BCUT2D eigenvalue weighted by Crippen LogP contribution is 2.43. The van der Waals surface area contributed by atoms with Crippen LogP contribution in [0.5, 0.6) is 0 Å². The zero-order valence-corrected chi connectivity index (χ0v) is 8.84. The molecule has 0 aromatic carbocycles. The molecule has 0 spiro atoms. The first-order chi connectivity index (χ1) is 6.79. The van der Waals surface area contributed by atoms with Crippen molar-refractivity contribution in [2.75, 3.05) is 0 Å². The minimum Gasteiger partial charge on any atom is -0.228 e. The summed E-state index contributed by atoms with van der Waals surface area (Å²) in [7, 11) is 0. The van der Waals surface area contributed by atoms with E-state index >= 15 is 0 Å². The van der Waals surface area contributed by atoms with Gasteiger partial charge in [-0.05, 0) is 5.18 Å². The molecular weight excluding hydrogens is 279 g/mol. The summed E-state index contributed by atoms with van der Waals surface area (Å²) in [6, 6.07) is 0. The van der Waals surface area contributed by atoms with Gasteiger partial charge in [0.05, 0.1) is 0 Å². The van der Waals surface area contributed by atoms with Crippen LogP contribution in [0.4, 0.5) is 18.9 Å². The first kappa shape index (κ1) is 12.5. The Morgan fingerprint density at radius 1 is 1.13 bits per heavy atom. The van der Waals surface area contributed by atoms with Crippen molar-refractivity contribution in [3.8, 4) is 0 Å². The number of alkyl halides is 3. The third-order valence-corrected chi connectivity index (χ3v) is 2.46. The maximum Gasteiger partial charge on any atom is 0.434 e. The maximum absolute atomic E-state index is 12.3. The number of aromatic nitrogens is 1. The lowest BCUT2D eigenvalue weighted by molar-refractivity contribution is -0.141. The lowest BCUT2D eigenvalue weighted by atomic mass is 10.3. The van der Waals surface area contributed by atoms with Crippen molar-refractivity contribution >= 4 is 40.5 Å². The van der Waals surface area contributed by atoms with Crippen molar-refractivity contribution < 1.29 is 13.2 Å². The Kier molecular flexibility index (Phi) is 3.42. The average Bonchev–Trinajstić information content (AvgIpc) is 2.10. The first-order valence-electron chi connectivity index (χ1n) is 3.24. The van der Waals surface area contributed by atoms with Crippen LogP contribution in [0.1, 0.15) is 5.69 Å². The first-order valence-corrected chi connectivity index (χ1v) is 4.37. The molecule has 0 bridgehead atoms. The normalized spacial score (nSPS) is 11.6. The second-order valence-corrected chi connectivity index (χ2v) is 3.43. The van der Waals surface area contributed by atoms with Crippen molar-refractivity contribution in [3.05, 3.63) is 25.8 Å². The minimum absolute atomic E-state index is 0.510. The predicted molar refractivity (Wildman–Crippen MR) is 49.7 cm³/mol. The fraction of sp³-hybridized carbons (Fsp3) is 0.167. The van der Waals surface area contributed by atoms with Crippen molar-refractivity contribution in [1.82, 2.24) is 4.98 Å². The lowest BCUT2D eigenvalue weighted by Crippen LogP contribution is -2.09.